The molecule has 0 unspecified atom stereocenters. The molecule has 1 aliphatic heterocycles. The number of rotatable bonds is 2. The highest BCUT2D eigenvalue weighted by atomic mass is 32.2. The van der Waals surface area contributed by atoms with Gasteiger partial charge >= 0.3 is 5.63 Å². The van der Waals surface area contributed by atoms with Gasteiger partial charge in [-0.15, -0.1) is 11.8 Å². The minimum Gasteiger partial charge on any atom is -0.497 e. The maximum Gasteiger partial charge on any atom is 0.342 e. The highest BCUT2D eigenvalue weighted by Crippen LogP contribution is 2.48. The van der Waals surface area contributed by atoms with Gasteiger partial charge in [0.2, 0.25) is 0 Å². The van der Waals surface area contributed by atoms with Crippen molar-refractivity contribution >= 4 is 23.1 Å². The SMILES string of the molecule is COc1ccc([C@H]2Sc3ccccc3Nc3cc(C)oc(=O)c32)cc1. The molecule has 4 nitrogen and oxygen atoms in total. The molecule has 0 radical (unpaired) electrons. The Balaban J connectivity index is 1.92. The summed E-state index contributed by atoms with van der Waals surface area (Å²) in [5.41, 5.74) is 3.16. The van der Waals surface area contributed by atoms with Crippen LogP contribution in [0.2, 0.25) is 0 Å². The molecule has 0 saturated heterocycles. The maximum atomic E-state index is 12.7. The molecule has 1 atom stereocenters. The Hall–Kier alpha value is -2.66. The van der Waals surface area contributed by atoms with E-state index in [0.29, 0.717) is 11.3 Å². The molecule has 25 heavy (non-hydrogen) atoms. The van der Waals surface area contributed by atoms with Crippen molar-refractivity contribution in [2.24, 2.45) is 0 Å². The van der Waals surface area contributed by atoms with Crippen LogP contribution < -0.4 is 15.7 Å². The third kappa shape index (κ3) is 2.91. The second kappa shape index (κ2) is 6.33. The minimum atomic E-state index is -0.302. The van der Waals surface area contributed by atoms with Crippen molar-refractivity contribution < 1.29 is 9.15 Å². The van der Waals surface area contributed by atoms with E-state index >= 15 is 0 Å². The van der Waals surface area contributed by atoms with E-state index in [1.54, 1.807) is 25.8 Å². The van der Waals surface area contributed by atoms with Crippen molar-refractivity contribution in [2.45, 2.75) is 17.1 Å². The van der Waals surface area contributed by atoms with Crippen LogP contribution in [0.3, 0.4) is 0 Å². The molecule has 5 heteroatoms. The molecule has 0 fully saturated rings. The number of hydrogen-bond acceptors (Lipinski definition) is 5. The van der Waals surface area contributed by atoms with Crippen LogP contribution in [0, 0.1) is 6.92 Å². The van der Waals surface area contributed by atoms with Gasteiger partial charge in [-0.1, -0.05) is 24.3 Å². The summed E-state index contributed by atoms with van der Waals surface area (Å²) in [5.74, 6) is 1.38. The van der Waals surface area contributed by atoms with E-state index in [1.165, 1.54) is 0 Å². The van der Waals surface area contributed by atoms with Gasteiger partial charge in [0, 0.05) is 11.0 Å². The van der Waals surface area contributed by atoms with Crippen LogP contribution in [0.5, 0.6) is 5.75 Å². The lowest BCUT2D eigenvalue weighted by Crippen LogP contribution is -2.14. The summed E-state index contributed by atoms with van der Waals surface area (Å²) in [7, 11) is 1.64. The molecule has 0 amide bonds. The second-order valence-electron chi connectivity index (χ2n) is 5.86. The first kappa shape index (κ1) is 15.8. The smallest absolute Gasteiger partial charge is 0.342 e. The summed E-state index contributed by atoms with van der Waals surface area (Å²) < 4.78 is 10.6. The summed E-state index contributed by atoms with van der Waals surface area (Å²) in [5, 5.41) is 3.24. The third-order valence-corrected chi connectivity index (χ3v) is 5.55. The van der Waals surface area contributed by atoms with Crippen molar-refractivity contribution in [1.29, 1.82) is 0 Å². The van der Waals surface area contributed by atoms with E-state index in [1.807, 2.05) is 48.5 Å². The van der Waals surface area contributed by atoms with Crippen LogP contribution in [0.15, 0.2) is 68.7 Å². The van der Waals surface area contributed by atoms with Gasteiger partial charge in [-0.3, -0.25) is 0 Å². The first-order valence-corrected chi connectivity index (χ1v) is 8.85. The number of anilines is 2. The molecule has 1 N–H and O–H groups in total. The topological polar surface area (TPSA) is 51.5 Å². The number of methoxy groups -OCH3 is 1. The van der Waals surface area contributed by atoms with E-state index in [2.05, 4.69) is 11.4 Å². The zero-order chi connectivity index (χ0) is 17.4. The first-order chi connectivity index (χ1) is 12.2. The normalized spacial score (nSPS) is 15.5. The van der Waals surface area contributed by atoms with Crippen LogP contribution >= 0.6 is 11.8 Å². The zero-order valence-corrected chi connectivity index (χ0v) is 14.7. The Bertz CT molecular complexity index is 979. The van der Waals surface area contributed by atoms with E-state index in [9.17, 15) is 4.79 Å². The fourth-order valence-corrected chi connectivity index (χ4v) is 4.28. The monoisotopic (exact) mass is 351 g/mol. The Labute approximate surface area is 149 Å². The second-order valence-corrected chi connectivity index (χ2v) is 7.01. The lowest BCUT2D eigenvalue weighted by Gasteiger charge is -2.16. The summed E-state index contributed by atoms with van der Waals surface area (Å²) >= 11 is 1.64. The van der Waals surface area contributed by atoms with Gasteiger partial charge in [0.15, 0.2) is 0 Å². The van der Waals surface area contributed by atoms with Gasteiger partial charge in [0.25, 0.3) is 0 Å². The van der Waals surface area contributed by atoms with Gasteiger partial charge in [-0.05, 0) is 36.8 Å². The van der Waals surface area contributed by atoms with Crippen molar-refractivity contribution in [3.05, 3.63) is 81.9 Å². The molecule has 0 bridgehead atoms. The van der Waals surface area contributed by atoms with Gasteiger partial charge in [-0.25, -0.2) is 4.79 Å². The highest BCUT2D eigenvalue weighted by Gasteiger charge is 2.28. The lowest BCUT2D eigenvalue weighted by molar-refractivity contribution is 0.414. The largest absolute Gasteiger partial charge is 0.497 e. The Kier molecular flexibility index (Phi) is 4.01. The van der Waals surface area contributed by atoms with E-state index in [4.69, 9.17) is 9.15 Å². The number of para-hydroxylation sites is 1. The summed E-state index contributed by atoms with van der Waals surface area (Å²) in [6.07, 6.45) is 0. The molecular weight excluding hydrogens is 334 g/mol. The zero-order valence-electron chi connectivity index (χ0n) is 13.9. The number of thioether (sulfide) groups is 1. The Morgan fingerprint density at radius 1 is 1.08 bits per heavy atom. The molecular formula is C20H17NO3S. The average Bonchev–Trinajstić information content (AvgIpc) is 2.78. The molecule has 3 aromatic rings. The third-order valence-electron chi connectivity index (χ3n) is 4.19. The minimum absolute atomic E-state index is 0.158. The quantitative estimate of drug-likeness (QED) is 0.712. The van der Waals surface area contributed by atoms with Crippen molar-refractivity contribution in [3.8, 4) is 5.75 Å². The number of benzene rings is 2. The first-order valence-electron chi connectivity index (χ1n) is 7.97. The number of hydrogen-bond donors (Lipinski definition) is 1. The standard InChI is InChI=1S/C20H17NO3S/c1-12-11-16-18(20(22)24-12)19(13-7-9-14(23-2)10-8-13)25-17-6-4-3-5-15(17)21-16/h3-11,19,21H,1-2H3/t19-/m1/s1. The Morgan fingerprint density at radius 2 is 1.84 bits per heavy atom. The average molecular weight is 351 g/mol. The number of fused-ring (bicyclic) bond motifs is 2. The van der Waals surface area contributed by atoms with Crippen LogP contribution in [-0.4, -0.2) is 7.11 Å². The fourth-order valence-electron chi connectivity index (χ4n) is 2.99. The van der Waals surface area contributed by atoms with E-state index in [0.717, 1.165) is 27.6 Å². The lowest BCUT2D eigenvalue weighted by atomic mass is 10.0. The highest BCUT2D eigenvalue weighted by molar-refractivity contribution is 8.00. The molecule has 2 aromatic carbocycles. The number of aryl methyl sites for hydroxylation is 1. The van der Waals surface area contributed by atoms with Gasteiger partial charge in [0.05, 0.1) is 29.3 Å². The predicted molar refractivity (Wildman–Crippen MR) is 100 cm³/mol. The summed E-state index contributed by atoms with van der Waals surface area (Å²) in [4.78, 5) is 13.7. The molecule has 0 spiro atoms. The van der Waals surface area contributed by atoms with Crippen molar-refractivity contribution in [3.63, 3.8) is 0 Å². The molecule has 4 rings (SSSR count). The van der Waals surface area contributed by atoms with Gasteiger partial charge in [0.1, 0.15) is 11.5 Å². The number of nitrogens with one attached hydrogen (secondary N) is 1. The van der Waals surface area contributed by atoms with Crippen LogP contribution in [0.25, 0.3) is 0 Å². The molecule has 0 saturated carbocycles. The van der Waals surface area contributed by atoms with Gasteiger partial charge in [-0.2, -0.15) is 0 Å². The van der Waals surface area contributed by atoms with Crippen LogP contribution in [-0.2, 0) is 0 Å². The van der Waals surface area contributed by atoms with Crippen molar-refractivity contribution in [2.75, 3.05) is 12.4 Å². The number of ether oxygens (including phenoxy) is 1. The molecule has 0 aliphatic carbocycles. The van der Waals surface area contributed by atoms with E-state index in [-0.39, 0.29) is 10.9 Å². The fraction of sp³-hybridized carbons (Fsp3) is 0.150. The maximum absolute atomic E-state index is 12.7. The predicted octanol–water partition coefficient (Wildman–Crippen LogP) is 4.90. The van der Waals surface area contributed by atoms with Crippen LogP contribution in [0.1, 0.15) is 22.1 Å². The van der Waals surface area contributed by atoms with Gasteiger partial charge < -0.3 is 14.5 Å². The molecule has 2 heterocycles. The summed E-state index contributed by atoms with van der Waals surface area (Å²) in [6, 6.07) is 17.8. The van der Waals surface area contributed by atoms with E-state index < -0.39 is 0 Å². The summed E-state index contributed by atoms with van der Waals surface area (Å²) in [6.45, 7) is 1.79. The molecule has 1 aliphatic rings. The van der Waals surface area contributed by atoms with Crippen LogP contribution in [0.4, 0.5) is 11.4 Å². The molecule has 126 valence electrons. The van der Waals surface area contributed by atoms with Crippen molar-refractivity contribution in [1.82, 2.24) is 0 Å². The molecule has 1 aromatic heterocycles. The Morgan fingerprint density at radius 3 is 2.60 bits per heavy atom.